The Balaban J connectivity index is 2.18. The summed E-state index contributed by atoms with van der Waals surface area (Å²) in [6, 6.07) is 2.17. The Labute approximate surface area is 108 Å². The fraction of sp³-hybridized carbons (Fsp3) is 0.692. The predicted molar refractivity (Wildman–Crippen MR) is 69.6 cm³/mol. The molecule has 1 aromatic rings. The van der Waals surface area contributed by atoms with Gasteiger partial charge in [0.2, 0.25) is 0 Å². The predicted octanol–water partition coefficient (Wildman–Crippen LogP) is 1.28. The minimum absolute atomic E-state index is 0.184. The number of nitrogens with zero attached hydrogens (tertiary/aromatic N) is 3. The van der Waals surface area contributed by atoms with E-state index in [1.54, 1.807) is 0 Å². The number of aliphatic hydroxyl groups is 1. The summed E-state index contributed by atoms with van der Waals surface area (Å²) < 4.78 is 5.35. The smallest absolute Gasteiger partial charge is 0.156 e. The molecule has 0 aromatic carbocycles. The molecule has 2 rings (SSSR count). The number of rotatable bonds is 5. The van der Waals surface area contributed by atoms with Crippen molar-refractivity contribution >= 4 is 5.82 Å². The molecule has 1 aliphatic rings. The van der Waals surface area contributed by atoms with E-state index in [4.69, 9.17) is 4.74 Å². The standard InChI is InChI=1S/C13H21N3O2/c1-3-18-9-12-14-10(2)7-13(15-12)16-6-4-5-11(16)8-17/h7,11,17H,3-6,8-9H2,1-2H3. The van der Waals surface area contributed by atoms with Crippen molar-refractivity contribution in [2.75, 3.05) is 24.7 Å². The van der Waals surface area contributed by atoms with Gasteiger partial charge in [-0.25, -0.2) is 9.97 Å². The van der Waals surface area contributed by atoms with Gasteiger partial charge < -0.3 is 14.7 Å². The maximum Gasteiger partial charge on any atom is 0.156 e. The molecule has 5 nitrogen and oxygen atoms in total. The maximum atomic E-state index is 9.37. The van der Waals surface area contributed by atoms with Crippen molar-refractivity contribution in [3.05, 3.63) is 17.6 Å². The average Bonchev–Trinajstić information content (AvgIpc) is 2.84. The van der Waals surface area contributed by atoms with Crippen molar-refractivity contribution in [1.82, 2.24) is 9.97 Å². The molecule has 1 atom stereocenters. The lowest BCUT2D eigenvalue weighted by Gasteiger charge is -2.24. The second kappa shape index (κ2) is 6.11. The molecule has 0 aliphatic carbocycles. The first-order valence-electron chi connectivity index (χ1n) is 6.54. The van der Waals surface area contributed by atoms with Gasteiger partial charge in [0, 0.05) is 24.9 Å². The van der Waals surface area contributed by atoms with Crippen LogP contribution in [0.5, 0.6) is 0 Å². The number of anilines is 1. The summed E-state index contributed by atoms with van der Waals surface area (Å²) in [5.74, 6) is 1.63. The highest BCUT2D eigenvalue weighted by Gasteiger charge is 2.25. The average molecular weight is 251 g/mol. The van der Waals surface area contributed by atoms with E-state index < -0.39 is 0 Å². The van der Waals surface area contributed by atoms with Crippen LogP contribution in [0, 0.1) is 6.92 Å². The molecule has 1 fully saturated rings. The number of hydrogen-bond donors (Lipinski definition) is 1. The summed E-state index contributed by atoms with van der Waals surface area (Å²) in [6.07, 6.45) is 2.13. The van der Waals surface area contributed by atoms with Crippen molar-refractivity contribution in [3.63, 3.8) is 0 Å². The van der Waals surface area contributed by atoms with Crippen LogP contribution in [0.3, 0.4) is 0 Å². The van der Waals surface area contributed by atoms with Crippen LogP contribution in [0.25, 0.3) is 0 Å². The normalized spacial score (nSPS) is 19.5. The van der Waals surface area contributed by atoms with Gasteiger partial charge in [-0.3, -0.25) is 0 Å². The summed E-state index contributed by atoms with van der Waals surface area (Å²) in [4.78, 5) is 11.1. The van der Waals surface area contributed by atoms with E-state index in [1.165, 1.54) is 0 Å². The number of ether oxygens (including phenoxy) is 1. The first-order valence-corrected chi connectivity index (χ1v) is 6.54. The quantitative estimate of drug-likeness (QED) is 0.854. The van der Waals surface area contributed by atoms with Crippen LogP contribution >= 0.6 is 0 Å². The minimum atomic E-state index is 0.184. The SMILES string of the molecule is CCOCc1nc(C)cc(N2CCCC2CO)n1. The van der Waals surface area contributed by atoms with Crippen LogP contribution in [0.15, 0.2) is 6.07 Å². The van der Waals surface area contributed by atoms with Gasteiger partial charge in [-0.05, 0) is 26.7 Å². The van der Waals surface area contributed by atoms with Crippen LogP contribution in [-0.2, 0) is 11.3 Å². The fourth-order valence-corrected chi connectivity index (χ4v) is 2.34. The van der Waals surface area contributed by atoms with E-state index in [0.29, 0.717) is 13.2 Å². The van der Waals surface area contributed by atoms with Gasteiger partial charge in [0.15, 0.2) is 5.82 Å². The molecule has 100 valence electrons. The van der Waals surface area contributed by atoms with Gasteiger partial charge in [0.05, 0.1) is 12.6 Å². The number of aromatic nitrogens is 2. The minimum Gasteiger partial charge on any atom is -0.394 e. The summed E-state index contributed by atoms with van der Waals surface area (Å²) >= 11 is 0. The third-order valence-electron chi connectivity index (χ3n) is 3.20. The Hall–Kier alpha value is -1.20. The molecule has 1 saturated heterocycles. The molecule has 5 heteroatoms. The van der Waals surface area contributed by atoms with Crippen LogP contribution in [0.4, 0.5) is 5.82 Å². The molecular weight excluding hydrogens is 230 g/mol. The molecule has 2 heterocycles. The molecule has 0 amide bonds. The van der Waals surface area contributed by atoms with Crippen molar-refractivity contribution in [2.24, 2.45) is 0 Å². The van der Waals surface area contributed by atoms with E-state index >= 15 is 0 Å². The van der Waals surface area contributed by atoms with E-state index in [0.717, 1.165) is 36.7 Å². The Bertz CT molecular complexity index is 398. The highest BCUT2D eigenvalue weighted by Crippen LogP contribution is 2.24. The monoisotopic (exact) mass is 251 g/mol. The summed E-state index contributed by atoms with van der Waals surface area (Å²) in [5.41, 5.74) is 0.943. The lowest BCUT2D eigenvalue weighted by molar-refractivity contribution is 0.128. The van der Waals surface area contributed by atoms with Crippen molar-refractivity contribution in [3.8, 4) is 0 Å². The van der Waals surface area contributed by atoms with Crippen molar-refractivity contribution < 1.29 is 9.84 Å². The zero-order valence-electron chi connectivity index (χ0n) is 11.1. The largest absolute Gasteiger partial charge is 0.394 e. The molecule has 1 N–H and O–H groups in total. The molecule has 0 saturated carbocycles. The molecule has 0 bridgehead atoms. The van der Waals surface area contributed by atoms with Crippen LogP contribution in [0.2, 0.25) is 0 Å². The molecule has 1 unspecified atom stereocenters. The molecule has 1 aromatic heterocycles. The fourth-order valence-electron chi connectivity index (χ4n) is 2.34. The summed E-state index contributed by atoms with van der Waals surface area (Å²) in [6.45, 7) is 6.17. The Kier molecular flexibility index (Phi) is 4.49. The van der Waals surface area contributed by atoms with Crippen molar-refractivity contribution in [2.45, 2.75) is 39.3 Å². The van der Waals surface area contributed by atoms with Crippen molar-refractivity contribution in [1.29, 1.82) is 0 Å². The van der Waals surface area contributed by atoms with Gasteiger partial charge in [-0.15, -0.1) is 0 Å². The highest BCUT2D eigenvalue weighted by molar-refractivity contribution is 5.42. The zero-order valence-corrected chi connectivity index (χ0v) is 11.1. The van der Waals surface area contributed by atoms with Gasteiger partial charge in [-0.2, -0.15) is 0 Å². The third kappa shape index (κ3) is 2.97. The third-order valence-corrected chi connectivity index (χ3v) is 3.20. The van der Waals surface area contributed by atoms with E-state index in [-0.39, 0.29) is 12.6 Å². The van der Waals surface area contributed by atoms with Crippen LogP contribution < -0.4 is 4.90 Å². The van der Waals surface area contributed by atoms with Gasteiger partial charge in [-0.1, -0.05) is 0 Å². The maximum absolute atomic E-state index is 9.37. The zero-order chi connectivity index (χ0) is 13.0. The first kappa shape index (κ1) is 13.2. The second-order valence-electron chi connectivity index (χ2n) is 4.59. The first-order chi connectivity index (χ1) is 8.74. The Morgan fingerprint density at radius 2 is 2.33 bits per heavy atom. The van der Waals surface area contributed by atoms with Gasteiger partial charge in [0.1, 0.15) is 12.4 Å². The highest BCUT2D eigenvalue weighted by atomic mass is 16.5. The molecule has 0 spiro atoms. The lowest BCUT2D eigenvalue weighted by Crippen LogP contribution is -2.33. The van der Waals surface area contributed by atoms with Gasteiger partial charge in [0.25, 0.3) is 0 Å². The van der Waals surface area contributed by atoms with Crippen LogP contribution in [-0.4, -0.2) is 40.9 Å². The number of aliphatic hydroxyl groups excluding tert-OH is 1. The van der Waals surface area contributed by atoms with Gasteiger partial charge >= 0.3 is 0 Å². The molecule has 18 heavy (non-hydrogen) atoms. The molecule has 0 radical (unpaired) electrons. The summed E-state index contributed by atoms with van der Waals surface area (Å²) in [7, 11) is 0. The van der Waals surface area contributed by atoms with Crippen LogP contribution in [0.1, 0.15) is 31.3 Å². The Morgan fingerprint density at radius 1 is 1.50 bits per heavy atom. The number of aryl methyl sites for hydroxylation is 1. The lowest BCUT2D eigenvalue weighted by atomic mass is 10.2. The molecular formula is C13H21N3O2. The van der Waals surface area contributed by atoms with E-state index in [2.05, 4.69) is 14.9 Å². The van der Waals surface area contributed by atoms with E-state index in [9.17, 15) is 5.11 Å². The molecule has 1 aliphatic heterocycles. The second-order valence-corrected chi connectivity index (χ2v) is 4.59. The Morgan fingerprint density at radius 3 is 3.06 bits per heavy atom. The summed E-state index contributed by atoms with van der Waals surface area (Å²) in [5, 5.41) is 9.37. The topological polar surface area (TPSA) is 58.5 Å². The number of hydrogen-bond acceptors (Lipinski definition) is 5. The van der Waals surface area contributed by atoms with E-state index in [1.807, 2.05) is 19.9 Å².